The van der Waals surface area contributed by atoms with Crippen molar-refractivity contribution in [1.29, 1.82) is 0 Å². The molecule has 4 nitrogen and oxygen atoms in total. The van der Waals surface area contributed by atoms with Crippen LogP contribution in [0.4, 0.5) is 0 Å². The molecule has 0 atom stereocenters. The molecule has 0 radical (unpaired) electrons. The Morgan fingerprint density at radius 1 is 0.250 bits per heavy atom. The van der Waals surface area contributed by atoms with Crippen molar-refractivity contribution in [3.8, 4) is 78.7 Å². The first-order chi connectivity index (χ1) is 33.7. The molecular formula is C64H42N4. The van der Waals surface area contributed by atoms with Crippen molar-refractivity contribution in [2.75, 3.05) is 0 Å². The third-order valence-electron chi connectivity index (χ3n) is 13.4. The molecule has 0 bridgehead atoms. The first-order valence-corrected chi connectivity index (χ1v) is 23.1. The molecular weight excluding hydrogens is 825 g/mol. The van der Waals surface area contributed by atoms with Gasteiger partial charge in [0, 0.05) is 49.6 Å². The van der Waals surface area contributed by atoms with Crippen LogP contribution in [-0.4, -0.2) is 19.1 Å². The van der Waals surface area contributed by atoms with Crippen molar-refractivity contribution in [2.24, 2.45) is 0 Å². The zero-order valence-corrected chi connectivity index (χ0v) is 37.0. The van der Waals surface area contributed by atoms with Gasteiger partial charge >= 0.3 is 0 Å². The summed E-state index contributed by atoms with van der Waals surface area (Å²) in [4.78, 5) is 10.4. The lowest BCUT2D eigenvalue weighted by molar-refractivity contribution is 1.18. The lowest BCUT2D eigenvalue weighted by Gasteiger charge is -2.12. The summed E-state index contributed by atoms with van der Waals surface area (Å²) in [7, 11) is 0. The van der Waals surface area contributed by atoms with Gasteiger partial charge in [-0.1, -0.05) is 188 Å². The maximum absolute atomic E-state index is 5.22. The highest BCUT2D eigenvalue weighted by Gasteiger charge is 2.18. The van der Waals surface area contributed by atoms with Gasteiger partial charge in [0.25, 0.3) is 0 Å². The fourth-order valence-electron chi connectivity index (χ4n) is 10.1. The Morgan fingerprint density at radius 2 is 0.706 bits per heavy atom. The van der Waals surface area contributed by atoms with Crippen molar-refractivity contribution in [2.45, 2.75) is 0 Å². The van der Waals surface area contributed by atoms with E-state index in [4.69, 9.17) is 9.97 Å². The Morgan fingerprint density at radius 3 is 1.44 bits per heavy atom. The van der Waals surface area contributed by atoms with E-state index >= 15 is 0 Å². The molecule has 0 saturated carbocycles. The molecule has 0 aliphatic rings. The molecule has 68 heavy (non-hydrogen) atoms. The predicted molar refractivity (Wildman–Crippen MR) is 283 cm³/mol. The standard InChI is InChI=1S/C64H42N4/c1-4-16-43(17-5-1)44-30-32-47(33-31-44)58-42-57(46-18-6-2-7-19-46)65-64(66-58)50-21-14-20-48(40-50)49-36-39-61-56(41-49)54-24-10-12-27-59(54)67(61)52-37-34-45(35-38-52)53-26-15-29-62-63(53)55-25-11-13-28-60(55)68(62)51-22-8-3-9-23-51/h1-42H. The summed E-state index contributed by atoms with van der Waals surface area (Å²) in [5, 5.41) is 4.93. The lowest BCUT2D eigenvalue weighted by Crippen LogP contribution is -1.96. The number of hydrogen-bond acceptors (Lipinski definition) is 2. The van der Waals surface area contributed by atoms with Crippen LogP contribution in [0.25, 0.3) is 122 Å². The van der Waals surface area contributed by atoms with Crippen LogP contribution in [0.15, 0.2) is 255 Å². The Labute approximate surface area is 394 Å². The molecule has 13 rings (SSSR count). The zero-order valence-electron chi connectivity index (χ0n) is 37.0. The number of rotatable bonds is 8. The highest BCUT2D eigenvalue weighted by molar-refractivity contribution is 6.16. The number of benzene rings is 10. The van der Waals surface area contributed by atoms with Crippen LogP contribution in [0.2, 0.25) is 0 Å². The van der Waals surface area contributed by atoms with Crippen molar-refractivity contribution in [3.05, 3.63) is 255 Å². The summed E-state index contributed by atoms with van der Waals surface area (Å²) < 4.78 is 4.78. The van der Waals surface area contributed by atoms with Gasteiger partial charge in [-0.15, -0.1) is 0 Å². The molecule has 318 valence electrons. The lowest BCUT2D eigenvalue weighted by atomic mass is 9.99. The summed E-state index contributed by atoms with van der Waals surface area (Å²) in [5.41, 5.74) is 18.9. The van der Waals surface area contributed by atoms with E-state index in [1.165, 1.54) is 60.3 Å². The Kier molecular flexibility index (Phi) is 9.47. The molecule has 3 aromatic heterocycles. The van der Waals surface area contributed by atoms with Gasteiger partial charge in [0.2, 0.25) is 0 Å². The summed E-state index contributed by atoms with van der Waals surface area (Å²) in [6.45, 7) is 0. The second-order valence-corrected chi connectivity index (χ2v) is 17.4. The second kappa shape index (κ2) is 16.4. The van der Waals surface area contributed by atoms with Crippen molar-refractivity contribution < 1.29 is 0 Å². The summed E-state index contributed by atoms with van der Waals surface area (Å²) in [6, 6.07) is 91.0. The van der Waals surface area contributed by atoms with E-state index in [0.29, 0.717) is 5.82 Å². The van der Waals surface area contributed by atoms with Gasteiger partial charge in [0.15, 0.2) is 5.82 Å². The van der Waals surface area contributed by atoms with Gasteiger partial charge in [-0.25, -0.2) is 9.97 Å². The maximum atomic E-state index is 5.22. The van der Waals surface area contributed by atoms with Crippen molar-refractivity contribution in [3.63, 3.8) is 0 Å². The highest BCUT2D eigenvalue weighted by Crippen LogP contribution is 2.40. The van der Waals surface area contributed by atoms with Crippen LogP contribution in [-0.2, 0) is 0 Å². The third kappa shape index (κ3) is 6.78. The Bertz CT molecular complexity index is 3980. The van der Waals surface area contributed by atoms with Crippen LogP contribution >= 0.6 is 0 Å². The van der Waals surface area contributed by atoms with E-state index < -0.39 is 0 Å². The third-order valence-corrected chi connectivity index (χ3v) is 13.4. The van der Waals surface area contributed by atoms with Crippen LogP contribution in [0.5, 0.6) is 0 Å². The number of nitrogens with zero attached hydrogens (tertiary/aromatic N) is 4. The minimum atomic E-state index is 0.689. The van der Waals surface area contributed by atoms with Crippen molar-refractivity contribution in [1.82, 2.24) is 19.1 Å². The van der Waals surface area contributed by atoms with Crippen LogP contribution < -0.4 is 0 Å². The average molecular weight is 867 g/mol. The van der Waals surface area contributed by atoms with Gasteiger partial charge in [-0.3, -0.25) is 0 Å². The first kappa shape index (κ1) is 39.3. The average Bonchev–Trinajstić information content (AvgIpc) is 3.94. The molecule has 3 heterocycles. The molecule has 0 N–H and O–H groups in total. The fraction of sp³-hybridized carbons (Fsp3) is 0. The smallest absolute Gasteiger partial charge is 0.160 e. The molecule has 0 saturated heterocycles. The monoisotopic (exact) mass is 866 g/mol. The topological polar surface area (TPSA) is 35.6 Å². The van der Waals surface area contributed by atoms with Gasteiger partial charge in [0.05, 0.1) is 33.5 Å². The van der Waals surface area contributed by atoms with Gasteiger partial charge in [-0.05, 0) is 100 Å². The molecule has 0 fully saturated rings. The van der Waals surface area contributed by atoms with Crippen LogP contribution in [0.1, 0.15) is 0 Å². The number of hydrogen-bond donors (Lipinski definition) is 0. The number of fused-ring (bicyclic) bond motifs is 6. The summed E-state index contributed by atoms with van der Waals surface area (Å²) >= 11 is 0. The highest BCUT2D eigenvalue weighted by atomic mass is 15.0. The Hall–Kier alpha value is -9.12. The van der Waals surface area contributed by atoms with Gasteiger partial charge in [0.1, 0.15) is 0 Å². The Balaban J connectivity index is 0.873. The second-order valence-electron chi connectivity index (χ2n) is 17.4. The molecule has 10 aromatic carbocycles. The van der Waals surface area contributed by atoms with E-state index in [0.717, 1.165) is 56.1 Å². The van der Waals surface area contributed by atoms with E-state index in [9.17, 15) is 0 Å². The predicted octanol–water partition coefficient (Wildman–Crippen LogP) is 16.7. The number of aromatic nitrogens is 4. The van der Waals surface area contributed by atoms with E-state index in [1.807, 2.05) is 12.1 Å². The molecule has 0 amide bonds. The van der Waals surface area contributed by atoms with E-state index in [1.54, 1.807) is 0 Å². The molecule has 0 unspecified atom stereocenters. The normalized spacial score (nSPS) is 11.5. The largest absolute Gasteiger partial charge is 0.309 e. The summed E-state index contributed by atoms with van der Waals surface area (Å²) in [6.07, 6.45) is 0. The summed E-state index contributed by atoms with van der Waals surface area (Å²) in [5.74, 6) is 0.689. The zero-order chi connectivity index (χ0) is 45.0. The van der Waals surface area contributed by atoms with Gasteiger partial charge < -0.3 is 9.13 Å². The van der Waals surface area contributed by atoms with Crippen molar-refractivity contribution >= 4 is 43.6 Å². The minimum absolute atomic E-state index is 0.689. The quantitative estimate of drug-likeness (QED) is 0.153. The molecule has 13 aromatic rings. The van der Waals surface area contributed by atoms with Gasteiger partial charge in [-0.2, -0.15) is 0 Å². The molecule has 0 aliphatic heterocycles. The first-order valence-electron chi connectivity index (χ1n) is 23.1. The molecule has 0 aliphatic carbocycles. The van der Waals surface area contributed by atoms with Crippen LogP contribution in [0, 0.1) is 0 Å². The van der Waals surface area contributed by atoms with Crippen LogP contribution in [0.3, 0.4) is 0 Å². The van der Waals surface area contributed by atoms with E-state index in [-0.39, 0.29) is 0 Å². The molecule has 0 spiro atoms. The maximum Gasteiger partial charge on any atom is 0.160 e. The fourth-order valence-corrected chi connectivity index (χ4v) is 10.1. The minimum Gasteiger partial charge on any atom is -0.309 e. The SMILES string of the molecule is c1ccc(-c2ccc(-c3cc(-c4ccccc4)nc(-c4cccc(-c5ccc6c(c5)c5ccccc5n6-c5ccc(-c6cccc7c6c6ccccc6n7-c6ccccc6)cc5)c4)n3)cc2)cc1. The van der Waals surface area contributed by atoms with E-state index in [2.05, 4.69) is 252 Å². The molecule has 4 heteroatoms. The number of para-hydroxylation sites is 3.